The Morgan fingerprint density at radius 2 is 1.36 bits per heavy atom. The Morgan fingerprint density at radius 3 is 1.79 bits per heavy atom. The number of aromatic nitrogens is 3. The summed E-state index contributed by atoms with van der Waals surface area (Å²) in [7, 11) is 0. The molecule has 0 saturated heterocycles. The molecule has 19 nitrogen and oxygen atoms in total. The average molecular weight is 670 g/mol. The van der Waals surface area contributed by atoms with E-state index in [1.54, 1.807) is 30.5 Å². The standard InChI is InChI=1S/C20H21N5O6.2C4H11NO3/c21-20-24-16-15(18(29)25-20)12(9-22-16)6-3-10-1-4-11(5-2-10)17(28)23-13(19(30)31)7-8-14(26)27;2*5-4(1-6,2-7)3-8/h1-2,4-5,9,13H,3,6-8H2,(H,23,28)(H,26,27)(H,30,31)(H4,21,22,24,25,29);2*6-8H,1-3,5H2/t13-;;/m0../s1. The molecule has 3 rings (SSSR count). The first kappa shape index (κ1) is 40.6. The van der Waals surface area contributed by atoms with Gasteiger partial charge >= 0.3 is 11.9 Å². The van der Waals surface area contributed by atoms with Gasteiger partial charge in [0.15, 0.2) is 0 Å². The van der Waals surface area contributed by atoms with Crippen LogP contribution in [0.15, 0.2) is 35.3 Å². The third-order valence-electron chi connectivity index (χ3n) is 6.68. The maximum absolute atomic E-state index is 12.3. The molecule has 0 spiro atoms. The number of amides is 1. The number of carboxylic acids is 2. The number of rotatable bonds is 15. The molecule has 0 aliphatic heterocycles. The number of aliphatic carboxylic acids is 2. The fourth-order valence-corrected chi connectivity index (χ4v) is 3.49. The number of fused-ring (bicyclic) bond motifs is 1. The average Bonchev–Trinajstić information content (AvgIpc) is 3.48. The fraction of sp³-hybridized carbons (Fsp3) is 0.464. The second-order valence-corrected chi connectivity index (χ2v) is 10.7. The van der Waals surface area contributed by atoms with Crippen LogP contribution in [0, 0.1) is 0 Å². The molecule has 1 atom stereocenters. The van der Waals surface area contributed by atoms with Gasteiger partial charge in [-0.3, -0.25) is 19.4 Å². The van der Waals surface area contributed by atoms with Crippen LogP contribution in [0.1, 0.15) is 34.3 Å². The van der Waals surface area contributed by atoms with Crippen LogP contribution in [-0.4, -0.2) is 130 Å². The number of aromatic amines is 2. The number of aryl methyl sites for hydroxylation is 2. The Bertz CT molecular complexity index is 1450. The lowest BCUT2D eigenvalue weighted by Crippen LogP contribution is -2.50. The van der Waals surface area contributed by atoms with Crippen molar-refractivity contribution in [1.82, 2.24) is 20.3 Å². The minimum absolute atomic E-state index is 0.0351. The number of nitrogens with one attached hydrogen (secondary N) is 3. The quantitative estimate of drug-likeness (QED) is 0.0732. The van der Waals surface area contributed by atoms with E-state index in [1.165, 1.54) is 0 Å². The van der Waals surface area contributed by atoms with Crippen molar-refractivity contribution in [2.45, 2.75) is 42.8 Å². The largest absolute Gasteiger partial charge is 0.481 e. The zero-order valence-corrected chi connectivity index (χ0v) is 25.4. The number of aliphatic hydroxyl groups is 6. The number of hydrogen-bond donors (Lipinski definition) is 14. The van der Waals surface area contributed by atoms with E-state index in [2.05, 4.69) is 20.3 Å². The van der Waals surface area contributed by atoms with Crippen LogP contribution in [0.2, 0.25) is 0 Å². The number of carbonyl (C=O) groups excluding carboxylic acids is 1. The highest BCUT2D eigenvalue weighted by molar-refractivity contribution is 5.96. The maximum Gasteiger partial charge on any atom is 0.326 e. The first-order valence-electron chi connectivity index (χ1n) is 14.0. The molecule has 47 heavy (non-hydrogen) atoms. The molecule has 0 fully saturated rings. The van der Waals surface area contributed by atoms with Gasteiger partial charge in [0, 0.05) is 18.2 Å². The summed E-state index contributed by atoms with van der Waals surface area (Å²) in [6.07, 6.45) is 2.27. The van der Waals surface area contributed by atoms with Gasteiger partial charge in [-0.2, -0.15) is 4.98 Å². The number of aliphatic hydroxyl groups excluding tert-OH is 6. The van der Waals surface area contributed by atoms with Gasteiger partial charge in [-0.25, -0.2) is 4.79 Å². The van der Waals surface area contributed by atoms with Crippen LogP contribution in [0.3, 0.4) is 0 Å². The van der Waals surface area contributed by atoms with Gasteiger partial charge in [0.05, 0.1) is 56.1 Å². The van der Waals surface area contributed by atoms with Gasteiger partial charge in [-0.05, 0) is 42.5 Å². The van der Waals surface area contributed by atoms with Gasteiger partial charge in [-0.15, -0.1) is 0 Å². The normalized spacial score (nSPS) is 11.9. The predicted molar refractivity (Wildman–Crippen MR) is 167 cm³/mol. The molecule has 1 amide bonds. The van der Waals surface area contributed by atoms with E-state index in [4.69, 9.17) is 58.1 Å². The highest BCUT2D eigenvalue weighted by Gasteiger charge is 2.22. The van der Waals surface area contributed by atoms with Crippen LogP contribution in [-0.2, 0) is 22.4 Å². The zero-order valence-electron chi connectivity index (χ0n) is 25.4. The van der Waals surface area contributed by atoms with Crippen molar-refractivity contribution in [3.63, 3.8) is 0 Å². The van der Waals surface area contributed by atoms with Crippen LogP contribution in [0.5, 0.6) is 0 Å². The van der Waals surface area contributed by atoms with Crippen molar-refractivity contribution in [2.75, 3.05) is 45.4 Å². The van der Waals surface area contributed by atoms with Gasteiger partial charge in [0.1, 0.15) is 11.7 Å². The predicted octanol–water partition coefficient (Wildman–Crippen LogP) is -4.01. The minimum Gasteiger partial charge on any atom is -0.481 e. The molecule has 2 aromatic heterocycles. The van der Waals surface area contributed by atoms with Crippen LogP contribution in [0.4, 0.5) is 5.95 Å². The van der Waals surface area contributed by atoms with Gasteiger partial charge in [0.2, 0.25) is 5.95 Å². The first-order valence-corrected chi connectivity index (χ1v) is 14.0. The summed E-state index contributed by atoms with van der Waals surface area (Å²) in [5.74, 6) is -3.00. The Morgan fingerprint density at radius 1 is 0.851 bits per heavy atom. The van der Waals surface area contributed by atoms with Crippen molar-refractivity contribution in [2.24, 2.45) is 11.5 Å². The number of hydrogen-bond acceptors (Lipinski definition) is 14. The van der Waals surface area contributed by atoms with E-state index in [9.17, 15) is 19.2 Å². The molecule has 262 valence electrons. The molecule has 17 N–H and O–H groups in total. The van der Waals surface area contributed by atoms with Gasteiger partial charge in [0.25, 0.3) is 11.5 Å². The number of nitrogens with zero attached hydrogens (tertiary/aromatic N) is 1. The lowest BCUT2D eigenvalue weighted by Gasteiger charge is -2.20. The molecule has 0 unspecified atom stereocenters. The fourth-order valence-electron chi connectivity index (χ4n) is 3.49. The summed E-state index contributed by atoms with van der Waals surface area (Å²) >= 11 is 0. The van der Waals surface area contributed by atoms with Crippen LogP contribution >= 0.6 is 0 Å². The van der Waals surface area contributed by atoms with Crippen molar-refractivity contribution in [3.8, 4) is 0 Å². The molecule has 3 aromatic rings. The molecule has 0 radical (unpaired) electrons. The second-order valence-electron chi connectivity index (χ2n) is 10.7. The molecular formula is C28H43N7O12. The van der Waals surface area contributed by atoms with E-state index >= 15 is 0 Å². The number of carboxylic acid groups (broad SMARTS) is 2. The monoisotopic (exact) mass is 669 g/mol. The maximum atomic E-state index is 12.3. The van der Waals surface area contributed by atoms with E-state index in [0.717, 1.165) is 11.1 Å². The van der Waals surface area contributed by atoms with Gasteiger partial charge < -0.3 is 68.4 Å². The smallest absolute Gasteiger partial charge is 0.326 e. The number of carbonyl (C=O) groups is 3. The molecule has 0 saturated carbocycles. The summed E-state index contributed by atoms with van der Waals surface area (Å²) in [6, 6.07) is 5.30. The van der Waals surface area contributed by atoms with E-state index < -0.39 is 74.6 Å². The summed E-state index contributed by atoms with van der Waals surface area (Å²) in [6.45, 7) is -2.42. The molecule has 1 aromatic carbocycles. The topological polar surface area (TPSA) is 365 Å². The van der Waals surface area contributed by atoms with E-state index in [1.807, 2.05) is 0 Å². The van der Waals surface area contributed by atoms with Crippen molar-refractivity contribution in [3.05, 3.63) is 57.5 Å². The second kappa shape index (κ2) is 19.3. The number of benzene rings is 1. The summed E-state index contributed by atoms with van der Waals surface area (Å²) in [4.78, 5) is 55.7. The third-order valence-corrected chi connectivity index (χ3v) is 6.68. The lowest BCUT2D eigenvalue weighted by atomic mass is 10.0. The Hall–Kier alpha value is -4.47. The summed E-state index contributed by atoms with van der Waals surface area (Å²) < 4.78 is 0. The highest BCUT2D eigenvalue weighted by atomic mass is 16.4. The van der Waals surface area contributed by atoms with Crippen molar-refractivity contribution in [1.29, 1.82) is 0 Å². The number of nitrogens with two attached hydrogens (primary N) is 3. The summed E-state index contributed by atoms with van der Waals surface area (Å²) in [5.41, 5.74) is 15.5. The number of anilines is 1. The minimum atomic E-state index is -1.30. The molecule has 0 aliphatic carbocycles. The molecule has 19 heteroatoms. The zero-order chi connectivity index (χ0) is 35.8. The Balaban J connectivity index is 0.000000569. The Labute approximate surface area is 267 Å². The molecule has 2 heterocycles. The third kappa shape index (κ3) is 13.0. The van der Waals surface area contributed by atoms with E-state index in [0.29, 0.717) is 23.9 Å². The highest BCUT2D eigenvalue weighted by Crippen LogP contribution is 2.16. The van der Waals surface area contributed by atoms with Crippen molar-refractivity contribution < 1.29 is 55.2 Å². The van der Waals surface area contributed by atoms with Crippen LogP contribution < -0.4 is 28.1 Å². The molecule has 0 aliphatic rings. The number of H-pyrrole nitrogens is 2. The lowest BCUT2D eigenvalue weighted by molar-refractivity contribution is -0.140. The van der Waals surface area contributed by atoms with E-state index in [-0.39, 0.29) is 29.9 Å². The Kier molecular flexibility index (Phi) is 16.6. The van der Waals surface area contributed by atoms with Gasteiger partial charge in [-0.1, -0.05) is 12.1 Å². The first-order chi connectivity index (χ1) is 22.1. The van der Waals surface area contributed by atoms with Crippen LogP contribution in [0.25, 0.3) is 11.0 Å². The SMILES string of the molecule is NC(CO)(CO)CO.NC(CO)(CO)CO.Nc1nc2[nH]cc(CCc3ccc(C(=O)N[C@@H](CCC(=O)O)C(=O)O)cc3)c2c(=O)[nH]1. The van der Waals surface area contributed by atoms with Crippen molar-refractivity contribution >= 4 is 34.8 Å². The molecular weight excluding hydrogens is 626 g/mol. The molecule has 0 bridgehead atoms. The number of nitrogen functional groups attached to an aromatic ring is 1. The summed E-state index contributed by atoms with van der Waals surface area (Å²) in [5, 5.41) is 70.7.